The molecule has 0 aromatic carbocycles. The Labute approximate surface area is 104 Å². The van der Waals surface area contributed by atoms with Gasteiger partial charge < -0.3 is 10.2 Å². The van der Waals surface area contributed by atoms with Gasteiger partial charge in [0, 0.05) is 12.6 Å². The van der Waals surface area contributed by atoms with Gasteiger partial charge in [0.1, 0.15) is 6.04 Å². The third-order valence-electron chi connectivity index (χ3n) is 3.55. The molecule has 3 fully saturated rings. The zero-order valence-electron chi connectivity index (χ0n) is 9.44. The van der Waals surface area contributed by atoms with E-state index in [2.05, 4.69) is 5.32 Å². The number of carbonyl (C=O) groups is 2. The number of hydrogen-bond donors (Lipinski definition) is 2. The summed E-state index contributed by atoms with van der Waals surface area (Å²) in [6, 6.07) is -1.50. The van der Waals surface area contributed by atoms with Crippen LogP contribution in [0.1, 0.15) is 19.3 Å². The van der Waals surface area contributed by atoms with Crippen LogP contribution >= 0.6 is 0 Å². The number of nitrogens with one attached hydrogen (secondary N) is 1. The molecule has 3 aliphatic rings. The van der Waals surface area contributed by atoms with Gasteiger partial charge in [-0.05, 0) is 19.3 Å². The minimum Gasteiger partial charge on any atom is -0.335 e. The molecule has 2 heterocycles. The molecule has 0 radical (unpaired) electrons. The summed E-state index contributed by atoms with van der Waals surface area (Å²) >= 11 is 0. The molecule has 2 aliphatic heterocycles. The van der Waals surface area contributed by atoms with Crippen LogP contribution < -0.4 is 5.32 Å². The second-order valence-electron chi connectivity index (χ2n) is 4.83. The fourth-order valence-corrected chi connectivity index (χ4v) is 3.43. The Bertz CT molecular complexity index is 514. The summed E-state index contributed by atoms with van der Waals surface area (Å²) in [5, 5.41) is 2.76. The molecule has 18 heavy (non-hydrogen) atoms. The maximum atomic E-state index is 11.8. The minimum atomic E-state index is -4.50. The van der Waals surface area contributed by atoms with E-state index in [4.69, 9.17) is 4.55 Å². The average Bonchev–Trinajstić information content (AvgIpc) is 2.95. The lowest BCUT2D eigenvalue weighted by atomic mass is 10.0. The number of urea groups is 1. The van der Waals surface area contributed by atoms with Crippen LogP contribution in [0.2, 0.25) is 0 Å². The molecule has 3 amide bonds. The summed E-state index contributed by atoms with van der Waals surface area (Å²) < 4.78 is 31.3. The van der Waals surface area contributed by atoms with Crippen molar-refractivity contribution < 1.29 is 22.6 Å². The minimum absolute atomic E-state index is 0.185. The first-order valence-corrected chi connectivity index (χ1v) is 7.17. The molecule has 0 spiro atoms. The van der Waals surface area contributed by atoms with Crippen molar-refractivity contribution in [2.75, 3.05) is 6.54 Å². The SMILES string of the molecule is O=C(NC1CC1)N1CC[C@@H]2[C@H]1C(=O)N2S(=O)(=O)O. The van der Waals surface area contributed by atoms with Gasteiger partial charge in [-0.1, -0.05) is 0 Å². The van der Waals surface area contributed by atoms with Crippen LogP contribution in [-0.4, -0.2) is 58.8 Å². The molecule has 9 heteroatoms. The summed E-state index contributed by atoms with van der Waals surface area (Å²) in [5.74, 6) is -0.731. The van der Waals surface area contributed by atoms with E-state index in [1.165, 1.54) is 4.90 Å². The molecule has 2 N–H and O–H groups in total. The first-order chi connectivity index (χ1) is 8.39. The van der Waals surface area contributed by atoms with E-state index in [9.17, 15) is 18.0 Å². The van der Waals surface area contributed by atoms with Crippen LogP contribution in [0.25, 0.3) is 0 Å². The molecular formula is C9H13N3O5S. The van der Waals surface area contributed by atoms with Crippen molar-refractivity contribution in [3.8, 4) is 0 Å². The fourth-order valence-electron chi connectivity index (χ4n) is 2.53. The average molecular weight is 275 g/mol. The number of β-lactam (4-membered cyclic amide) rings is 1. The van der Waals surface area contributed by atoms with Crippen LogP contribution in [0, 0.1) is 0 Å². The summed E-state index contributed by atoms with van der Waals surface area (Å²) in [6.45, 7) is 0.325. The topological polar surface area (TPSA) is 107 Å². The summed E-state index contributed by atoms with van der Waals surface area (Å²) in [6.07, 6.45) is 2.26. The van der Waals surface area contributed by atoms with Gasteiger partial charge in [0.15, 0.2) is 0 Å². The number of hydrogen-bond acceptors (Lipinski definition) is 4. The maximum Gasteiger partial charge on any atom is 0.362 e. The quantitative estimate of drug-likeness (QED) is 0.494. The Hall–Kier alpha value is -1.35. The van der Waals surface area contributed by atoms with E-state index in [-0.39, 0.29) is 12.1 Å². The smallest absolute Gasteiger partial charge is 0.335 e. The van der Waals surface area contributed by atoms with Crippen molar-refractivity contribution >= 4 is 22.2 Å². The molecule has 0 unspecified atom stereocenters. The zero-order chi connectivity index (χ0) is 13.1. The van der Waals surface area contributed by atoms with E-state index in [0.29, 0.717) is 17.3 Å². The van der Waals surface area contributed by atoms with Gasteiger partial charge in [-0.3, -0.25) is 9.35 Å². The molecule has 2 saturated heterocycles. The summed E-state index contributed by atoms with van der Waals surface area (Å²) in [5.41, 5.74) is 0. The summed E-state index contributed by atoms with van der Waals surface area (Å²) in [7, 11) is -4.50. The Balaban J connectivity index is 1.72. The third-order valence-corrected chi connectivity index (χ3v) is 4.50. The highest BCUT2D eigenvalue weighted by Gasteiger charge is 2.60. The second-order valence-corrected chi connectivity index (χ2v) is 6.12. The summed E-state index contributed by atoms with van der Waals surface area (Å²) in [4.78, 5) is 24.8. The lowest BCUT2D eigenvalue weighted by Crippen LogP contribution is -2.69. The van der Waals surface area contributed by atoms with Crippen molar-refractivity contribution in [1.82, 2.24) is 14.5 Å². The van der Waals surface area contributed by atoms with E-state index >= 15 is 0 Å². The highest BCUT2D eigenvalue weighted by atomic mass is 32.2. The highest BCUT2D eigenvalue weighted by molar-refractivity contribution is 7.84. The first kappa shape index (κ1) is 11.7. The molecule has 8 nitrogen and oxygen atoms in total. The van der Waals surface area contributed by atoms with E-state index < -0.39 is 28.3 Å². The number of nitrogens with zero attached hydrogens (tertiary/aromatic N) is 2. The number of carbonyl (C=O) groups excluding carboxylic acids is 2. The number of likely N-dealkylation sites (tertiary alicyclic amines) is 1. The number of rotatable bonds is 2. The largest absolute Gasteiger partial charge is 0.362 e. The third kappa shape index (κ3) is 1.65. The van der Waals surface area contributed by atoms with Crippen LogP contribution in [0.15, 0.2) is 0 Å². The maximum absolute atomic E-state index is 11.8. The Morgan fingerprint density at radius 1 is 1.33 bits per heavy atom. The Kier molecular flexibility index (Phi) is 2.33. The van der Waals surface area contributed by atoms with Crippen LogP contribution in [-0.2, 0) is 15.1 Å². The van der Waals surface area contributed by atoms with Crippen molar-refractivity contribution in [2.24, 2.45) is 0 Å². The number of fused-ring (bicyclic) bond motifs is 1. The van der Waals surface area contributed by atoms with Crippen molar-refractivity contribution in [3.05, 3.63) is 0 Å². The predicted molar refractivity (Wildman–Crippen MR) is 58.8 cm³/mol. The Morgan fingerprint density at radius 3 is 2.56 bits per heavy atom. The van der Waals surface area contributed by atoms with Gasteiger partial charge in [-0.25, -0.2) is 9.10 Å². The van der Waals surface area contributed by atoms with Gasteiger partial charge in [-0.15, -0.1) is 0 Å². The zero-order valence-corrected chi connectivity index (χ0v) is 10.3. The van der Waals surface area contributed by atoms with Crippen LogP contribution in [0.5, 0.6) is 0 Å². The van der Waals surface area contributed by atoms with E-state index in [1.807, 2.05) is 0 Å². The lowest BCUT2D eigenvalue weighted by Gasteiger charge is -2.42. The molecule has 1 aliphatic carbocycles. The van der Waals surface area contributed by atoms with Crippen molar-refractivity contribution in [3.63, 3.8) is 0 Å². The second kappa shape index (κ2) is 3.58. The molecule has 1 saturated carbocycles. The highest BCUT2D eigenvalue weighted by Crippen LogP contribution is 2.35. The first-order valence-electron chi connectivity index (χ1n) is 5.77. The van der Waals surface area contributed by atoms with Crippen molar-refractivity contribution in [1.29, 1.82) is 0 Å². The number of amides is 3. The standard InChI is InChI=1S/C9H13N3O5S/c13-8-7-6(12(8)18(15,16)17)3-4-11(7)9(14)10-5-1-2-5/h5-7H,1-4H2,(H,10,14)(H,15,16,17)/t6-,7+/m1/s1. The van der Waals surface area contributed by atoms with Gasteiger partial charge in [0.2, 0.25) is 0 Å². The molecular weight excluding hydrogens is 262 g/mol. The Morgan fingerprint density at radius 2 is 2.00 bits per heavy atom. The normalized spacial score (nSPS) is 31.1. The molecule has 100 valence electrons. The van der Waals surface area contributed by atoms with Crippen molar-refractivity contribution in [2.45, 2.75) is 37.4 Å². The van der Waals surface area contributed by atoms with E-state index in [0.717, 1.165) is 12.8 Å². The van der Waals surface area contributed by atoms with Gasteiger partial charge in [0.05, 0.1) is 6.04 Å². The lowest BCUT2D eigenvalue weighted by molar-refractivity contribution is -0.143. The molecule has 3 rings (SSSR count). The van der Waals surface area contributed by atoms with E-state index in [1.54, 1.807) is 0 Å². The molecule has 0 aromatic rings. The predicted octanol–water partition coefficient (Wildman–Crippen LogP) is -1.05. The van der Waals surface area contributed by atoms with Crippen LogP contribution in [0.3, 0.4) is 0 Å². The molecule has 0 bridgehead atoms. The van der Waals surface area contributed by atoms with Gasteiger partial charge in [-0.2, -0.15) is 8.42 Å². The molecule has 2 atom stereocenters. The fraction of sp³-hybridized carbons (Fsp3) is 0.778. The molecule has 0 aromatic heterocycles. The van der Waals surface area contributed by atoms with Gasteiger partial charge in [0.25, 0.3) is 5.91 Å². The van der Waals surface area contributed by atoms with Gasteiger partial charge >= 0.3 is 16.3 Å². The monoisotopic (exact) mass is 275 g/mol. The van der Waals surface area contributed by atoms with Crippen LogP contribution in [0.4, 0.5) is 4.79 Å².